The van der Waals surface area contributed by atoms with Crippen LogP contribution in [0.25, 0.3) is 0 Å². The number of aliphatic hydroxyl groups is 1. The van der Waals surface area contributed by atoms with E-state index in [-0.39, 0.29) is 19.6 Å². The SMILES string of the molecule is C/C=C\C(=C/C)COC(=O)N[C@@H](CC(=O)OCC)[C@@H](CO)NC(=O)OC(C)(C)C. The fourth-order valence-electron chi connectivity index (χ4n) is 2.21. The lowest BCUT2D eigenvalue weighted by Gasteiger charge is -2.28. The van der Waals surface area contributed by atoms with Crippen molar-refractivity contribution < 1.29 is 33.7 Å². The summed E-state index contributed by atoms with van der Waals surface area (Å²) < 4.78 is 15.2. The van der Waals surface area contributed by atoms with Crippen molar-refractivity contribution in [1.29, 1.82) is 0 Å². The Balaban J connectivity index is 5.16. The molecule has 0 aliphatic rings. The van der Waals surface area contributed by atoms with Gasteiger partial charge < -0.3 is 30.0 Å². The molecule has 166 valence electrons. The summed E-state index contributed by atoms with van der Waals surface area (Å²) in [6.45, 7) is 10.0. The van der Waals surface area contributed by atoms with Gasteiger partial charge in [0.25, 0.3) is 0 Å². The molecule has 0 rings (SSSR count). The molecule has 0 aliphatic heterocycles. The van der Waals surface area contributed by atoms with Crippen LogP contribution in [-0.4, -0.2) is 60.8 Å². The van der Waals surface area contributed by atoms with Gasteiger partial charge in [0.05, 0.1) is 31.7 Å². The molecule has 0 aromatic rings. The maximum atomic E-state index is 12.2. The van der Waals surface area contributed by atoms with Crippen LogP contribution in [0.1, 0.15) is 48.0 Å². The van der Waals surface area contributed by atoms with Gasteiger partial charge in [-0.3, -0.25) is 4.79 Å². The number of esters is 1. The molecular weight excluding hydrogens is 380 g/mol. The fraction of sp³-hybridized carbons (Fsp3) is 0.650. The zero-order chi connectivity index (χ0) is 22.4. The summed E-state index contributed by atoms with van der Waals surface area (Å²) in [5.74, 6) is -0.592. The van der Waals surface area contributed by atoms with Crippen LogP contribution in [0, 0.1) is 0 Å². The first-order chi connectivity index (χ1) is 13.6. The summed E-state index contributed by atoms with van der Waals surface area (Å²) in [6, 6.07) is -1.95. The molecule has 2 amide bonds. The number of hydrogen-bond acceptors (Lipinski definition) is 7. The van der Waals surface area contributed by atoms with Crippen molar-refractivity contribution in [3.8, 4) is 0 Å². The maximum absolute atomic E-state index is 12.2. The summed E-state index contributed by atoms with van der Waals surface area (Å²) in [5.41, 5.74) is 0.0400. The maximum Gasteiger partial charge on any atom is 0.408 e. The van der Waals surface area contributed by atoms with E-state index in [1.54, 1.807) is 39.8 Å². The van der Waals surface area contributed by atoms with E-state index in [2.05, 4.69) is 10.6 Å². The molecule has 0 bridgehead atoms. The van der Waals surface area contributed by atoms with Gasteiger partial charge in [0.2, 0.25) is 0 Å². The lowest BCUT2D eigenvalue weighted by molar-refractivity contribution is -0.143. The van der Waals surface area contributed by atoms with E-state index in [4.69, 9.17) is 14.2 Å². The average molecular weight is 414 g/mol. The first-order valence-electron chi connectivity index (χ1n) is 9.53. The van der Waals surface area contributed by atoms with E-state index in [1.165, 1.54) is 0 Å². The molecule has 2 atom stereocenters. The van der Waals surface area contributed by atoms with Crippen LogP contribution in [0.15, 0.2) is 23.8 Å². The van der Waals surface area contributed by atoms with Crippen molar-refractivity contribution >= 4 is 18.2 Å². The molecule has 29 heavy (non-hydrogen) atoms. The van der Waals surface area contributed by atoms with Crippen molar-refractivity contribution in [3.63, 3.8) is 0 Å². The molecule has 0 saturated heterocycles. The van der Waals surface area contributed by atoms with Gasteiger partial charge in [-0.15, -0.1) is 0 Å². The number of hydrogen-bond donors (Lipinski definition) is 3. The van der Waals surface area contributed by atoms with Crippen LogP contribution in [0.4, 0.5) is 9.59 Å². The van der Waals surface area contributed by atoms with Gasteiger partial charge in [-0.05, 0) is 47.1 Å². The zero-order valence-corrected chi connectivity index (χ0v) is 18.1. The molecule has 3 N–H and O–H groups in total. The second kappa shape index (κ2) is 13.6. The van der Waals surface area contributed by atoms with Crippen LogP contribution >= 0.6 is 0 Å². The minimum atomic E-state index is -0.987. The molecule has 0 heterocycles. The highest BCUT2D eigenvalue weighted by Crippen LogP contribution is 2.09. The topological polar surface area (TPSA) is 123 Å². The van der Waals surface area contributed by atoms with Crippen LogP contribution in [0.3, 0.4) is 0 Å². The number of carbonyl (C=O) groups is 3. The van der Waals surface area contributed by atoms with E-state index in [1.807, 2.05) is 19.9 Å². The Bertz CT molecular complexity index is 594. The summed E-state index contributed by atoms with van der Waals surface area (Å²) in [7, 11) is 0. The second-order valence-corrected chi connectivity index (χ2v) is 7.13. The Labute approximate surface area is 172 Å². The molecule has 9 heteroatoms. The molecule has 0 aromatic heterocycles. The Morgan fingerprint density at radius 1 is 1.03 bits per heavy atom. The van der Waals surface area contributed by atoms with Crippen molar-refractivity contribution in [2.45, 2.75) is 65.6 Å². The summed E-state index contributed by atoms with van der Waals surface area (Å²) in [6.07, 6.45) is 3.55. The molecule has 9 nitrogen and oxygen atoms in total. The molecule has 0 saturated carbocycles. The Morgan fingerprint density at radius 3 is 2.14 bits per heavy atom. The number of ether oxygens (including phenoxy) is 3. The predicted octanol–water partition coefficient (Wildman–Crippen LogP) is 2.44. The lowest BCUT2D eigenvalue weighted by Crippen LogP contribution is -2.55. The minimum Gasteiger partial charge on any atom is -0.466 e. The summed E-state index contributed by atoms with van der Waals surface area (Å²) in [5, 5.41) is 14.7. The number of carbonyl (C=O) groups excluding carboxylic acids is 3. The van der Waals surface area contributed by atoms with E-state index in [0.29, 0.717) is 0 Å². The number of rotatable bonds is 10. The van der Waals surface area contributed by atoms with Gasteiger partial charge in [-0.25, -0.2) is 9.59 Å². The summed E-state index contributed by atoms with van der Waals surface area (Å²) >= 11 is 0. The smallest absolute Gasteiger partial charge is 0.408 e. The monoisotopic (exact) mass is 414 g/mol. The first kappa shape index (κ1) is 26.4. The Kier molecular flexibility index (Phi) is 12.4. The number of allylic oxidation sites excluding steroid dienone is 2. The third-order valence-electron chi connectivity index (χ3n) is 3.50. The average Bonchev–Trinajstić information content (AvgIpc) is 2.61. The van der Waals surface area contributed by atoms with Crippen LogP contribution in [-0.2, 0) is 19.0 Å². The highest BCUT2D eigenvalue weighted by Gasteiger charge is 2.29. The Morgan fingerprint density at radius 2 is 1.66 bits per heavy atom. The van der Waals surface area contributed by atoms with Crippen molar-refractivity contribution in [2.75, 3.05) is 19.8 Å². The number of aliphatic hydroxyl groups excluding tert-OH is 1. The zero-order valence-electron chi connectivity index (χ0n) is 18.1. The Hall–Kier alpha value is -2.55. The lowest BCUT2D eigenvalue weighted by atomic mass is 10.1. The third kappa shape index (κ3) is 12.5. The largest absolute Gasteiger partial charge is 0.466 e. The van der Waals surface area contributed by atoms with Crippen LogP contribution in [0.2, 0.25) is 0 Å². The molecule has 0 aliphatic carbocycles. The minimum absolute atomic E-state index is 0.0298. The quantitative estimate of drug-likeness (QED) is 0.285. The van der Waals surface area contributed by atoms with E-state index < -0.39 is 42.4 Å². The predicted molar refractivity (Wildman–Crippen MR) is 108 cm³/mol. The number of alkyl carbamates (subject to hydrolysis) is 2. The van der Waals surface area contributed by atoms with Gasteiger partial charge in [-0.1, -0.05) is 18.2 Å². The normalized spacial score (nSPS) is 14.1. The number of nitrogens with one attached hydrogen (secondary N) is 2. The van der Waals surface area contributed by atoms with E-state index in [0.717, 1.165) is 5.57 Å². The van der Waals surface area contributed by atoms with Gasteiger partial charge >= 0.3 is 18.2 Å². The number of amides is 2. The van der Waals surface area contributed by atoms with Gasteiger partial charge in [0.1, 0.15) is 12.2 Å². The van der Waals surface area contributed by atoms with Crippen molar-refractivity contribution in [2.24, 2.45) is 0 Å². The van der Waals surface area contributed by atoms with E-state index in [9.17, 15) is 19.5 Å². The van der Waals surface area contributed by atoms with Crippen LogP contribution < -0.4 is 10.6 Å². The van der Waals surface area contributed by atoms with Crippen molar-refractivity contribution in [1.82, 2.24) is 10.6 Å². The molecule has 0 unspecified atom stereocenters. The van der Waals surface area contributed by atoms with Gasteiger partial charge in [0, 0.05) is 0 Å². The molecule has 0 spiro atoms. The molecular formula is C20H34N2O7. The van der Waals surface area contributed by atoms with E-state index >= 15 is 0 Å². The summed E-state index contributed by atoms with van der Waals surface area (Å²) in [4.78, 5) is 36.1. The molecule has 0 fully saturated rings. The molecule has 0 aromatic carbocycles. The van der Waals surface area contributed by atoms with Gasteiger partial charge in [-0.2, -0.15) is 0 Å². The van der Waals surface area contributed by atoms with Gasteiger partial charge in [0.15, 0.2) is 0 Å². The fourth-order valence-corrected chi connectivity index (χ4v) is 2.21. The van der Waals surface area contributed by atoms with Crippen LogP contribution in [0.5, 0.6) is 0 Å². The highest BCUT2D eigenvalue weighted by atomic mass is 16.6. The molecule has 0 radical (unpaired) electrons. The third-order valence-corrected chi connectivity index (χ3v) is 3.50. The second-order valence-electron chi connectivity index (χ2n) is 7.13. The first-order valence-corrected chi connectivity index (χ1v) is 9.53. The highest BCUT2D eigenvalue weighted by molar-refractivity contribution is 5.74. The van der Waals surface area contributed by atoms with Crippen molar-refractivity contribution in [3.05, 3.63) is 23.8 Å². The standard InChI is InChI=1S/C20H34N2O7/c1-7-10-14(8-2)13-28-18(25)21-15(11-17(24)27-9-3)16(12-23)22-19(26)29-20(4,5)6/h7-8,10,15-16,23H,9,11-13H2,1-6H3,(H,21,25)(H,22,26)/b10-7-,14-8+/t15-,16+/m0/s1.